The van der Waals surface area contributed by atoms with Crippen molar-refractivity contribution in [3.05, 3.63) is 65.0 Å². The Kier molecular flexibility index (Phi) is 6.27. The number of benzene rings is 2. The molecule has 0 saturated heterocycles. The van der Waals surface area contributed by atoms with Gasteiger partial charge in [0.05, 0.1) is 18.0 Å². The third-order valence-corrected chi connectivity index (χ3v) is 6.57. The molecule has 0 heterocycles. The minimum atomic E-state index is -3.87. The predicted octanol–water partition coefficient (Wildman–Crippen LogP) is 3.74. The fourth-order valence-electron chi connectivity index (χ4n) is 3.92. The molecule has 0 aromatic heterocycles. The van der Waals surface area contributed by atoms with E-state index < -0.39 is 27.8 Å². The van der Waals surface area contributed by atoms with E-state index in [1.807, 2.05) is 13.0 Å². The number of sulfonamides is 1. The molecule has 0 bridgehead atoms. The number of halogens is 1. The molecule has 3 rings (SSSR count). The maximum absolute atomic E-state index is 14.3. The Balaban J connectivity index is 1.85. The molecule has 7 heteroatoms. The number of nitrogens with zero attached hydrogens (tertiary/aromatic N) is 1. The van der Waals surface area contributed by atoms with Crippen LogP contribution >= 0.6 is 0 Å². The average Bonchev–Trinajstić information content (AvgIpc) is 3.13. The molecular weight excluding hydrogens is 391 g/mol. The Morgan fingerprint density at radius 1 is 1.17 bits per heavy atom. The fraction of sp³-hybridized carbons (Fsp3) is 0.409. The van der Waals surface area contributed by atoms with Gasteiger partial charge in [0.2, 0.25) is 15.9 Å². The average molecular weight is 419 g/mol. The molecule has 0 saturated carbocycles. The highest BCUT2D eigenvalue weighted by molar-refractivity contribution is 7.92. The number of rotatable bonds is 7. The highest BCUT2D eigenvalue weighted by Crippen LogP contribution is 2.27. The van der Waals surface area contributed by atoms with Crippen LogP contribution in [0.5, 0.6) is 0 Å². The normalized spacial score (nSPS) is 15.4. The van der Waals surface area contributed by atoms with Gasteiger partial charge in [0, 0.05) is 0 Å². The van der Waals surface area contributed by atoms with Gasteiger partial charge in [-0.2, -0.15) is 0 Å². The summed E-state index contributed by atoms with van der Waals surface area (Å²) in [5.41, 5.74) is 3.51. The number of carbonyl (C=O) groups excluding carboxylic acids is 1. The lowest BCUT2D eigenvalue weighted by Crippen LogP contribution is -2.50. The van der Waals surface area contributed by atoms with E-state index in [0.717, 1.165) is 35.4 Å². The van der Waals surface area contributed by atoms with Crippen LogP contribution < -0.4 is 9.62 Å². The first-order valence-electron chi connectivity index (χ1n) is 9.88. The molecule has 0 spiro atoms. The van der Waals surface area contributed by atoms with E-state index in [1.54, 1.807) is 13.0 Å². The molecule has 0 unspecified atom stereocenters. The largest absolute Gasteiger partial charge is 0.348 e. The number of amides is 1. The summed E-state index contributed by atoms with van der Waals surface area (Å²) in [7, 11) is -3.87. The Morgan fingerprint density at radius 3 is 2.52 bits per heavy atom. The molecule has 0 aliphatic heterocycles. The zero-order chi connectivity index (χ0) is 21.2. The molecule has 0 fully saturated rings. The standard InChI is InChI=1S/C22H27FN2O3S/c1-4-20(25(29(3,27)28)21-11-6-5-10-19(21)23)22(26)24-15(2)17-13-12-16-8-7-9-18(16)14-17/h5-6,10-15,20H,4,7-9H2,1-3H3,(H,24,26)/t15-,20+/m0/s1. The Morgan fingerprint density at radius 2 is 1.86 bits per heavy atom. The molecule has 1 N–H and O–H groups in total. The molecule has 0 radical (unpaired) electrons. The number of hydrogen-bond donors (Lipinski definition) is 1. The van der Waals surface area contributed by atoms with Gasteiger partial charge in [-0.05, 0) is 61.4 Å². The molecule has 156 valence electrons. The summed E-state index contributed by atoms with van der Waals surface area (Å²) >= 11 is 0. The second-order valence-corrected chi connectivity index (χ2v) is 9.41. The number of para-hydroxylation sites is 1. The zero-order valence-corrected chi connectivity index (χ0v) is 17.8. The van der Waals surface area contributed by atoms with E-state index in [4.69, 9.17) is 0 Å². The first-order chi connectivity index (χ1) is 13.7. The van der Waals surface area contributed by atoms with Crippen LogP contribution in [0.1, 0.15) is 49.4 Å². The quantitative estimate of drug-likeness (QED) is 0.745. The molecule has 1 amide bonds. The third kappa shape index (κ3) is 4.61. The van der Waals surface area contributed by atoms with Crippen molar-refractivity contribution < 1.29 is 17.6 Å². The number of carbonyl (C=O) groups is 1. The minimum Gasteiger partial charge on any atom is -0.348 e. The van der Waals surface area contributed by atoms with Gasteiger partial charge in [-0.15, -0.1) is 0 Å². The van der Waals surface area contributed by atoms with Crippen LogP contribution in [0.2, 0.25) is 0 Å². The summed E-state index contributed by atoms with van der Waals surface area (Å²) in [5, 5.41) is 2.91. The number of anilines is 1. The van der Waals surface area contributed by atoms with Gasteiger partial charge >= 0.3 is 0 Å². The van der Waals surface area contributed by atoms with Crippen LogP contribution in [0.3, 0.4) is 0 Å². The van der Waals surface area contributed by atoms with Crippen LogP contribution in [-0.4, -0.2) is 26.6 Å². The number of nitrogens with one attached hydrogen (secondary N) is 1. The van der Waals surface area contributed by atoms with Crippen LogP contribution in [-0.2, 0) is 27.7 Å². The highest BCUT2D eigenvalue weighted by Gasteiger charge is 2.33. The van der Waals surface area contributed by atoms with Gasteiger partial charge < -0.3 is 5.32 Å². The van der Waals surface area contributed by atoms with Crippen LogP contribution in [0.25, 0.3) is 0 Å². The SMILES string of the molecule is CC[C@H](C(=O)N[C@@H](C)c1ccc2c(c1)CCC2)N(c1ccccc1F)S(C)(=O)=O. The van der Waals surface area contributed by atoms with Gasteiger partial charge in [-0.25, -0.2) is 12.8 Å². The lowest BCUT2D eigenvalue weighted by molar-refractivity contribution is -0.122. The van der Waals surface area contributed by atoms with Crippen LogP contribution in [0, 0.1) is 5.82 Å². The van der Waals surface area contributed by atoms with Gasteiger partial charge in [0.25, 0.3) is 0 Å². The number of fused-ring (bicyclic) bond motifs is 1. The van der Waals surface area contributed by atoms with Gasteiger partial charge in [0.1, 0.15) is 11.9 Å². The molecular formula is C22H27FN2O3S. The maximum Gasteiger partial charge on any atom is 0.244 e. The van der Waals surface area contributed by atoms with E-state index in [2.05, 4.69) is 17.4 Å². The first-order valence-corrected chi connectivity index (χ1v) is 11.7. The zero-order valence-electron chi connectivity index (χ0n) is 17.0. The smallest absolute Gasteiger partial charge is 0.244 e. The lowest BCUT2D eigenvalue weighted by Gasteiger charge is -2.31. The second-order valence-electron chi connectivity index (χ2n) is 7.55. The summed E-state index contributed by atoms with van der Waals surface area (Å²) in [6.45, 7) is 3.58. The van der Waals surface area contributed by atoms with Crippen LogP contribution in [0.15, 0.2) is 42.5 Å². The van der Waals surface area contributed by atoms with Crippen molar-refractivity contribution in [3.8, 4) is 0 Å². The topological polar surface area (TPSA) is 66.5 Å². The van der Waals surface area contributed by atoms with Crippen molar-refractivity contribution in [1.29, 1.82) is 0 Å². The van der Waals surface area contributed by atoms with E-state index in [-0.39, 0.29) is 18.2 Å². The second kappa shape index (κ2) is 8.53. The highest BCUT2D eigenvalue weighted by atomic mass is 32.2. The van der Waals surface area contributed by atoms with Gasteiger partial charge in [0.15, 0.2) is 0 Å². The summed E-state index contributed by atoms with van der Waals surface area (Å²) in [5.74, 6) is -1.13. The fourth-order valence-corrected chi connectivity index (χ4v) is 5.13. The molecule has 2 aromatic carbocycles. The Hall–Kier alpha value is -2.41. The summed E-state index contributed by atoms with van der Waals surface area (Å²) in [4.78, 5) is 13.0. The molecule has 1 aliphatic carbocycles. The first kappa shape index (κ1) is 21.3. The van der Waals surface area contributed by atoms with Crippen molar-refractivity contribution >= 4 is 21.6 Å². The van der Waals surface area contributed by atoms with Gasteiger partial charge in [-0.1, -0.05) is 37.3 Å². The minimum absolute atomic E-state index is 0.123. The van der Waals surface area contributed by atoms with Crippen LogP contribution in [0.4, 0.5) is 10.1 Å². The predicted molar refractivity (Wildman–Crippen MR) is 113 cm³/mol. The number of hydrogen-bond acceptors (Lipinski definition) is 3. The maximum atomic E-state index is 14.3. The van der Waals surface area contributed by atoms with Gasteiger partial charge in [-0.3, -0.25) is 9.10 Å². The van der Waals surface area contributed by atoms with E-state index in [1.165, 1.54) is 29.3 Å². The summed E-state index contributed by atoms with van der Waals surface area (Å²) in [6.07, 6.45) is 4.46. The Bertz CT molecular complexity index is 1010. The van der Waals surface area contributed by atoms with E-state index >= 15 is 0 Å². The lowest BCUT2D eigenvalue weighted by atomic mass is 10.0. The molecule has 2 aromatic rings. The van der Waals surface area contributed by atoms with E-state index in [0.29, 0.717) is 0 Å². The van der Waals surface area contributed by atoms with Crippen molar-refractivity contribution in [2.75, 3.05) is 10.6 Å². The van der Waals surface area contributed by atoms with Crippen molar-refractivity contribution in [3.63, 3.8) is 0 Å². The third-order valence-electron chi connectivity index (χ3n) is 5.40. The van der Waals surface area contributed by atoms with E-state index in [9.17, 15) is 17.6 Å². The Labute approximate surface area is 172 Å². The van der Waals surface area contributed by atoms with Crippen molar-refractivity contribution in [2.45, 2.75) is 51.6 Å². The summed E-state index contributed by atoms with van der Waals surface area (Å²) < 4.78 is 40.1. The molecule has 5 nitrogen and oxygen atoms in total. The number of aryl methyl sites for hydroxylation is 2. The monoisotopic (exact) mass is 418 g/mol. The molecule has 29 heavy (non-hydrogen) atoms. The van der Waals surface area contributed by atoms with Crippen molar-refractivity contribution in [1.82, 2.24) is 5.32 Å². The molecule has 1 aliphatic rings. The molecule has 2 atom stereocenters. The summed E-state index contributed by atoms with van der Waals surface area (Å²) in [6, 6.07) is 10.5. The van der Waals surface area contributed by atoms with Crippen molar-refractivity contribution in [2.24, 2.45) is 0 Å².